The van der Waals surface area contributed by atoms with E-state index >= 15 is 0 Å². The quantitative estimate of drug-likeness (QED) is 0.788. The summed E-state index contributed by atoms with van der Waals surface area (Å²) in [6, 6.07) is 0. The summed E-state index contributed by atoms with van der Waals surface area (Å²) in [5, 5.41) is 0. The van der Waals surface area contributed by atoms with Crippen molar-refractivity contribution >= 4 is 0 Å². The van der Waals surface area contributed by atoms with E-state index in [2.05, 4.69) is 0 Å². The molecule has 4 bridgehead atoms. The van der Waals surface area contributed by atoms with Gasteiger partial charge in [-0.15, -0.1) is 0 Å². The second kappa shape index (κ2) is 2.87. The minimum Gasteiger partial charge on any atom is -0.496 e. The van der Waals surface area contributed by atoms with Crippen LogP contribution in [-0.4, -0.2) is 14.2 Å². The van der Waals surface area contributed by atoms with Gasteiger partial charge in [-0.1, -0.05) is 0 Å². The molecule has 2 saturated carbocycles. The molecule has 6 aliphatic carbocycles. The van der Waals surface area contributed by atoms with Crippen molar-refractivity contribution in [2.45, 2.75) is 49.4 Å². The molecule has 0 radical (unpaired) electrons. The van der Waals surface area contributed by atoms with E-state index in [4.69, 9.17) is 9.47 Å². The van der Waals surface area contributed by atoms with E-state index in [-0.39, 0.29) is 0 Å². The maximum atomic E-state index is 5.84. The summed E-state index contributed by atoms with van der Waals surface area (Å²) in [5.74, 6) is 5.54. The van der Waals surface area contributed by atoms with Gasteiger partial charge in [0.15, 0.2) is 0 Å². The van der Waals surface area contributed by atoms with Gasteiger partial charge in [0.1, 0.15) is 11.5 Å². The van der Waals surface area contributed by atoms with E-state index in [1.807, 2.05) is 14.2 Å². The van der Waals surface area contributed by atoms with Crippen LogP contribution in [0, 0.1) is 0 Å². The second-order valence-corrected chi connectivity index (χ2v) is 6.45. The van der Waals surface area contributed by atoms with Gasteiger partial charge in [0.25, 0.3) is 0 Å². The van der Waals surface area contributed by atoms with E-state index in [1.54, 1.807) is 0 Å². The number of benzene rings is 1. The van der Waals surface area contributed by atoms with E-state index < -0.39 is 0 Å². The average Bonchev–Trinajstić information content (AvgIpc) is 2.95. The Balaban J connectivity index is 1.89. The molecule has 0 unspecified atom stereocenters. The molecule has 6 aliphatic rings. The third kappa shape index (κ3) is 0.818. The van der Waals surface area contributed by atoms with E-state index in [9.17, 15) is 0 Å². The molecule has 0 aromatic heterocycles. The maximum Gasteiger partial charge on any atom is 0.126 e. The fraction of sp³-hybridized carbons (Fsp3) is 0.625. The Labute approximate surface area is 107 Å². The van der Waals surface area contributed by atoms with Gasteiger partial charge in [-0.05, 0) is 49.4 Å². The SMILES string of the molecule is COc1c2c(c(OC)c3c1C1CC3C1)C1CC2C1. The van der Waals surface area contributed by atoms with Gasteiger partial charge in [-0.25, -0.2) is 0 Å². The van der Waals surface area contributed by atoms with Gasteiger partial charge >= 0.3 is 0 Å². The monoisotopic (exact) mass is 242 g/mol. The molecule has 0 N–H and O–H groups in total. The largest absolute Gasteiger partial charge is 0.496 e. The highest BCUT2D eigenvalue weighted by atomic mass is 16.5. The summed E-state index contributed by atoms with van der Waals surface area (Å²) in [6.45, 7) is 0. The van der Waals surface area contributed by atoms with E-state index in [0.29, 0.717) is 0 Å². The number of rotatable bonds is 2. The highest BCUT2D eigenvalue weighted by molar-refractivity contribution is 5.70. The normalized spacial score (nSPS) is 36.6. The Morgan fingerprint density at radius 2 is 0.889 bits per heavy atom. The van der Waals surface area contributed by atoms with Crippen molar-refractivity contribution in [3.63, 3.8) is 0 Å². The summed E-state index contributed by atoms with van der Waals surface area (Å²) in [6.07, 6.45) is 5.33. The zero-order valence-electron chi connectivity index (χ0n) is 11.0. The lowest BCUT2D eigenvalue weighted by Crippen LogP contribution is -2.10. The topological polar surface area (TPSA) is 18.5 Å². The lowest BCUT2D eigenvalue weighted by atomic mass is 9.79. The minimum atomic E-state index is 0.761. The Hall–Kier alpha value is -1.18. The lowest BCUT2D eigenvalue weighted by Gasteiger charge is -2.26. The second-order valence-electron chi connectivity index (χ2n) is 6.45. The zero-order valence-corrected chi connectivity index (χ0v) is 11.0. The fourth-order valence-electron chi connectivity index (χ4n) is 5.02. The van der Waals surface area contributed by atoms with Crippen molar-refractivity contribution in [2.75, 3.05) is 14.2 Å². The average molecular weight is 242 g/mol. The molecule has 0 saturated heterocycles. The van der Waals surface area contributed by atoms with Crippen LogP contribution in [0.4, 0.5) is 0 Å². The molecule has 18 heavy (non-hydrogen) atoms. The molecule has 0 spiro atoms. The van der Waals surface area contributed by atoms with Crippen molar-refractivity contribution in [1.29, 1.82) is 0 Å². The predicted octanol–water partition coefficient (Wildman–Crippen LogP) is 3.65. The van der Waals surface area contributed by atoms with Gasteiger partial charge < -0.3 is 9.47 Å². The molecular weight excluding hydrogens is 224 g/mol. The zero-order chi connectivity index (χ0) is 12.0. The summed E-state index contributed by atoms with van der Waals surface area (Å²) in [4.78, 5) is 0. The lowest BCUT2D eigenvalue weighted by molar-refractivity contribution is 0.355. The van der Waals surface area contributed by atoms with Crippen LogP contribution in [0.25, 0.3) is 0 Å². The number of hydrogen-bond donors (Lipinski definition) is 0. The van der Waals surface area contributed by atoms with E-state index in [0.717, 1.165) is 23.7 Å². The number of methoxy groups -OCH3 is 2. The molecule has 7 rings (SSSR count). The van der Waals surface area contributed by atoms with Crippen molar-refractivity contribution < 1.29 is 9.47 Å². The first-order chi connectivity index (χ1) is 8.83. The van der Waals surface area contributed by atoms with Crippen LogP contribution in [0.1, 0.15) is 71.6 Å². The van der Waals surface area contributed by atoms with Gasteiger partial charge in [0, 0.05) is 22.3 Å². The Kier molecular flexibility index (Phi) is 1.55. The van der Waals surface area contributed by atoms with Crippen molar-refractivity contribution in [1.82, 2.24) is 0 Å². The van der Waals surface area contributed by atoms with Crippen molar-refractivity contribution in [2.24, 2.45) is 0 Å². The van der Waals surface area contributed by atoms with Crippen LogP contribution in [0.15, 0.2) is 0 Å². The molecule has 2 nitrogen and oxygen atoms in total. The van der Waals surface area contributed by atoms with E-state index in [1.165, 1.54) is 59.4 Å². The summed E-state index contributed by atoms with van der Waals surface area (Å²) >= 11 is 0. The summed E-state index contributed by atoms with van der Waals surface area (Å²) < 4.78 is 11.7. The number of ether oxygens (including phenoxy) is 2. The van der Waals surface area contributed by atoms with Gasteiger partial charge in [-0.2, -0.15) is 0 Å². The van der Waals surface area contributed by atoms with Crippen LogP contribution < -0.4 is 9.47 Å². The Morgan fingerprint density at radius 1 is 0.611 bits per heavy atom. The van der Waals surface area contributed by atoms with Crippen LogP contribution in [-0.2, 0) is 0 Å². The van der Waals surface area contributed by atoms with Gasteiger partial charge in [-0.3, -0.25) is 0 Å². The minimum absolute atomic E-state index is 0.761. The molecule has 1 aromatic carbocycles. The highest BCUT2D eigenvalue weighted by Crippen LogP contribution is 2.71. The summed E-state index contributed by atoms with van der Waals surface area (Å²) in [5.41, 5.74) is 6.08. The molecule has 1 aromatic rings. The molecule has 0 atom stereocenters. The van der Waals surface area contributed by atoms with Crippen molar-refractivity contribution in [3.8, 4) is 11.5 Å². The van der Waals surface area contributed by atoms with Crippen LogP contribution in [0.2, 0.25) is 0 Å². The van der Waals surface area contributed by atoms with Crippen LogP contribution in [0.5, 0.6) is 11.5 Å². The Morgan fingerprint density at radius 3 is 1.11 bits per heavy atom. The van der Waals surface area contributed by atoms with Gasteiger partial charge in [0.2, 0.25) is 0 Å². The standard InChI is InChI=1S/C16H18O2/c1-17-15-11-7-3-9(4-7)13(11)16(18-2)14-10-5-8(6-10)12(14)15/h7-10H,3-6H2,1-2H3. The van der Waals surface area contributed by atoms with Crippen LogP contribution >= 0.6 is 0 Å². The fourth-order valence-corrected chi connectivity index (χ4v) is 5.02. The van der Waals surface area contributed by atoms with Crippen molar-refractivity contribution in [3.05, 3.63) is 22.3 Å². The molecule has 2 heteroatoms. The molecule has 0 amide bonds. The first kappa shape index (κ1) is 9.71. The molecule has 2 fully saturated rings. The molecular formula is C16H18O2. The maximum absolute atomic E-state index is 5.84. The van der Waals surface area contributed by atoms with Gasteiger partial charge in [0.05, 0.1) is 14.2 Å². The summed E-state index contributed by atoms with van der Waals surface area (Å²) in [7, 11) is 3.71. The molecule has 0 heterocycles. The third-order valence-electron chi connectivity index (χ3n) is 5.88. The third-order valence-corrected chi connectivity index (χ3v) is 5.88. The number of hydrogen-bond acceptors (Lipinski definition) is 2. The smallest absolute Gasteiger partial charge is 0.126 e. The van der Waals surface area contributed by atoms with Crippen LogP contribution in [0.3, 0.4) is 0 Å². The predicted molar refractivity (Wildman–Crippen MR) is 69.0 cm³/mol. The Bertz CT molecular complexity index is 471. The first-order valence-corrected chi connectivity index (χ1v) is 7.15. The molecule has 94 valence electrons. The first-order valence-electron chi connectivity index (χ1n) is 7.15. The molecule has 0 aliphatic heterocycles. The highest BCUT2D eigenvalue weighted by Gasteiger charge is 2.53.